The lowest BCUT2D eigenvalue weighted by molar-refractivity contribution is -0.142. The van der Waals surface area contributed by atoms with Gasteiger partial charge in [0, 0.05) is 31.8 Å². The van der Waals surface area contributed by atoms with Gasteiger partial charge in [0.05, 0.1) is 18.9 Å². The average molecular weight is 797 g/mol. The minimum absolute atomic E-state index is 0.0319. The predicted molar refractivity (Wildman–Crippen MR) is 211 cm³/mol. The first-order valence-electron chi connectivity index (χ1n) is 19.5. The van der Waals surface area contributed by atoms with E-state index in [2.05, 4.69) is 22.3 Å². The third kappa shape index (κ3) is 9.16. The molecule has 16 heteroatoms. The van der Waals surface area contributed by atoms with Crippen LogP contribution in [0.3, 0.4) is 0 Å². The lowest BCUT2D eigenvalue weighted by Crippen LogP contribution is -2.59. The molecule has 7 atom stereocenters. The number of pyridine rings is 1. The lowest BCUT2D eigenvalue weighted by atomic mass is 9.88. The molecule has 2 aromatic rings. The van der Waals surface area contributed by atoms with Crippen LogP contribution in [0.2, 0.25) is 0 Å². The highest BCUT2D eigenvalue weighted by Crippen LogP contribution is 2.46. The minimum atomic E-state index is -3.91. The smallest absolute Gasteiger partial charge is 0.408 e. The van der Waals surface area contributed by atoms with Gasteiger partial charge in [0.15, 0.2) is 0 Å². The number of anilines is 1. The van der Waals surface area contributed by atoms with Crippen LogP contribution < -0.4 is 29.7 Å². The maximum absolute atomic E-state index is 14.8. The molecule has 3 fully saturated rings. The van der Waals surface area contributed by atoms with Crippen LogP contribution in [-0.2, 0) is 29.1 Å². The number of methoxy groups -OCH3 is 1. The SMILES string of the molecule is COc1ccc2c(O[C@@H]3C[C@H]4C(=O)N[C@]5(C(=O)NS(=O)(=O)C6CC6)C[C@H]5/C=C\CC[C@H](C)C[C@@H](C)[C@H](NC(=O)OC(C)(C)C)C(=O)N4C3)nc(N(C)C)cc2c1. The molecule has 0 unspecified atom stereocenters. The monoisotopic (exact) mass is 796 g/mol. The van der Waals surface area contributed by atoms with E-state index in [1.807, 2.05) is 56.3 Å². The van der Waals surface area contributed by atoms with Crippen molar-refractivity contribution in [1.82, 2.24) is 25.2 Å². The van der Waals surface area contributed by atoms with E-state index in [9.17, 15) is 27.6 Å². The summed E-state index contributed by atoms with van der Waals surface area (Å²) in [5.41, 5.74) is -2.35. The van der Waals surface area contributed by atoms with Crippen LogP contribution in [0.25, 0.3) is 10.8 Å². The highest BCUT2D eigenvalue weighted by atomic mass is 32.2. The Morgan fingerprint density at radius 2 is 1.80 bits per heavy atom. The number of rotatable bonds is 8. The summed E-state index contributed by atoms with van der Waals surface area (Å²) in [4.78, 5) is 64.5. The fourth-order valence-electron chi connectivity index (χ4n) is 7.73. The predicted octanol–water partition coefficient (Wildman–Crippen LogP) is 4.05. The largest absolute Gasteiger partial charge is 0.497 e. The molecule has 2 aliphatic heterocycles. The van der Waals surface area contributed by atoms with E-state index in [4.69, 9.17) is 19.2 Å². The van der Waals surface area contributed by atoms with Gasteiger partial charge in [0.25, 0.3) is 5.91 Å². The standard InChI is InChI=1S/C40H56N6O9S/c1-23-11-9-10-12-26-21-40(26,37(49)44-56(51,52)29-14-15-29)43-34(47)31-20-28(22-46(31)36(48)33(24(2)17-23)42-38(50)55-39(3,4)5)54-35-30-16-13-27(53-8)18-25(30)19-32(41-35)45(6)7/h10,12-13,16,18-19,23-24,26,28-29,31,33H,9,11,14-15,17,20-22H2,1-8H3,(H,42,50)(H,43,47)(H,44,49)/b12-10-/t23-,24+,26+,28+,31-,33-,40+/m0/s1. The third-order valence-corrected chi connectivity index (χ3v) is 12.8. The summed E-state index contributed by atoms with van der Waals surface area (Å²) in [7, 11) is 1.39. The normalized spacial score (nSPS) is 29.1. The van der Waals surface area contributed by atoms with Crippen LogP contribution in [0, 0.1) is 17.8 Å². The molecule has 3 heterocycles. The van der Waals surface area contributed by atoms with Crippen molar-refractivity contribution < 1.29 is 41.8 Å². The Morgan fingerprint density at radius 1 is 1.07 bits per heavy atom. The average Bonchev–Trinajstić information content (AvgIpc) is 4.04. The van der Waals surface area contributed by atoms with Gasteiger partial charge in [-0.2, -0.15) is 4.98 Å². The Labute approximate surface area is 329 Å². The fourth-order valence-corrected chi connectivity index (χ4v) is 9.09. The summed E-state index contributed by atoms with van der Waals surface area (Å²) in [5, 5.41) is 6.60. The molecule has 1 aromatic carbocycles. The van der Waals surface area contributed by atoms with E-state index in [0.29, 0.717) is 48.5 Å². The van der Waals surface area contributed by atoms with Crippen molar-refractivity contribution in [2.45, 2.75) is 114 Å². The summed E-state index contributed by atoms with van der Waals surface area (Å²) in [6.07, 6.45) is 5.56. The van der Waals surface area contributed by atoms with Crippen molar-refractivity contribution in [3.63, 3.8) is 0 Å². The Kier molecular flexibility index (Phi) is 11.5. The molecule has 1 aromatic heterocycles. The van der Waals surface area contributed by atoms with Gasteiger partial charge in [-0.1, -0.05) is 26.0 Å². The van der Waals surface area contributed by atoms with E-state index in [1.54, 1.807) is 33.9 Å². The number of nitrogens with zero attached hydrogens (tertiary/aromatic N) is 3. The maximum atomic E-state index is 14.8. The molecule has 56 heavy (non-hydrogen) atoms. The highest BCUT2D eigenvalue weighted by molar-refractivity contribution is 7.91. The van der Waals surface area contributed by atoms with E-state index in [-0.39, 0.29) is 31.2 Å². The molecule has 15 nitrogen and oxygen atoms in total. The summed E-state index contributed by atoms with van der Waals surface area (Å²) in [6.45, 7) is 9.15. The van der Waals surface area contributed by atoms with E-state index >= 15 is 0 Å². The number of ether oxygens (including phenoxy) is 3. The van der Waals surface area contributed by atoms with Crippen molar-refractivity contribution in [2.24, 2.45) is 17.8 Å². The number of amides is 4. The summed E-state index contributed by atoms with van der Waals surface area (Å²) in [5.74, 6) is -0.993. The Bertz CT molecular complexity index is 1990. The maximum Gasteiger partial charge on any atom is 0.408 e. The van der Waals surface area contributed by atoms with Crippen LogP contribution >= 0.6 is 0 Å². The van der Waals surface area contributed by atoms with E-state index < -0.39 is 74.3 Å². The molecule has 306 valence electrons. The third-order valence-electron chi connectivity index (χ3n) is 11.0. The van der Waals surface area contributed by atoms with Crippen LogP contribution in [-0.4, -0.2) is 104 Å². The molecular formula is C40H56N6O9S. The van der Waals surface area contributed by atoms with Gasteiger partial charge in [-0.3, -0.25) is 19.1 Å². The van der Waals surface area contributed by atoms with Crippen molar-refractivity contribution in [1.29, 1.82) is 0 Å². The zero-order valence-corrected chi connectivity index (χ0v) is 34.4. The molecule has 2 saturated carbocycles. The number of alkyl carbamates (subject to hydrolysis) is 1. The van der Waals surface area contributed by atoms with Crippen LogP contribution in [0.5, 0.6) is 11.6 Å². The number of benzene rings is 1. The molecule has 1 saturated heterocycles. The van der Waals surface area contributed by atoms with E-state index in [1.165, 1.54) is 4.90 Å². The van der Waals surface area contributed by atoms with Gasteiger partial charge < -0.3 is 34.6 Å². The molecule has 3 N–H and O–H groups in total. The highest BCUT2D eigenvalue weighted by Gasteiger charge is 2.62. The Balaban J connectivity index is 1.37. The van der Waals surface area contributed by atoms with Crippen molar-refractivity contribution in [3.05, 3.63) is 36.4 Å². The molecule has 6 rings (SSSR count). The van der Waals surface area contributed by atoms with Gasteiger partial charge in [0.1, 0.15) is 40.9 Å². The topological polar surface area (TPSA) is 186 Å². The van der Waals surface area contributed by atoms with Crippen molar-refractivity contribution in [3.8, 4) is 11.6 Å². The second kappa shape index (κ2) is 15.7. The first-order chi connectivity index (χ1) is 26.3. The first kappa shape index (κ1) is 41.0. The summed E-state index contributed by atoms with van der Waals surface area (Å²) in [6, 6.07) is 5.22. The molecule has 0 spiro atoms. The van der Waals surface area contributed by atoms with Crippen LogP contribution in [0.15, 0.2) is 36.4 Å². The number of hydrogen-bond acceptors (Lipinski definition) is 11. The zero-order valence-electron chi connectivity index (χ0n) is 33.6. The molecule has 0 bridgehead atoms. The van der Waals surface area contributed by atoms with Crippen molar-refractivity contribution in [2.75, 3.05) is 32.6 Å². The summed E-state index contributed by atoms with van der Waals surface area (Å²) >= 11 is 0. The van der Waals surface area contributed by atoms with Gasteiger partial charge in [-0.25, -0.2) is 13.2 Å². The number of aromatic nitrogens is 1. The second-order valence-corrected chi connectivity index (χ2v) is 19.1. The number of carbonyl (C=O) groups is 4. The van der Waals surface area contributed by atoms with Crippen molar-refractivity contribution >= 4 is 50.4 Å². The minimum Gasteiger partial charge on any atom is -0.497 e. The Hall–Kier alpha value is -4.60. The van der Waals surface area contributed by atoms with Crippen LogP contribution in [0.1, 0.15) is 79.6 Å². The number of nitrogens with one attached hydrogen (secondary N) is 3. The number of allylic oxidation sites excluding steroid dienone is 1. The molecule has 2 aliphatic carbocycles. The quantitative estimate of drug-likeness (QED) is 0.328. The fraction of sp³-hybridized carbons (Fsp3) is 0.625. The first-order valence-corrected chi connectivity index (χ1v) is 21.0. The number of fused-ring (bicyclic) bond motifs is 3. The summed E-state index contributed by atoms with van der Waals surface area (Å²) < 4.78 is 45.7. The molecule has 0 radical (unpaired) electrons. The number of sulfonamides is 1. The molecular weight excluding hydrogens is 741 g/mol. The molecule has 4 aliphatic rings. The zero-order chi connectivity index (χ0) is 40.7. The second-order valence-electron chi connectivity index (χ2n) is 17.1. The Morgan fingerprint density at radius 3 is 2.46 bits per heavy atom. The van der Waals surface area contributed by atoms with Gasteiger partial charge in [-0.05, 0) is 101 Å². The van der Waals surface area contributed by atoms with Gasteiger partial charge >= 0.3 is 6.09 Å². The van der Waals surface area contributed by atoms with E-state index in [0.717, 1.165) is 11.8 Å². The number of hydrogen-bond donors (Lipinski definition) is 3. The number of carbonyl (C=O) groups excluding carboxylic acids is 4. The lowest BCUT2D eigenvalue weighted by Gasteiger charge is -2.33. The van der Waals surface area contributed by atoms with Crippen LogP contribution in [0.4, 0.5) is 10.6 Å². The molecule has 4 amide bonds. The van der Waals surface area contributed by atoms with Gasteiger partial charge in [0.2, 0.25) is 27.7 Å². The van der Waals surface area contributed by atoms with Gasteiger partial charge in [-0.15, -0.1) is 0 Å².